The van der Waals surface area contributed by atoms with Crippen LogP contribution in [0.5, 0.6) is 0 Å². The van der Waals surface area contributed by atoms with Gasteiger partial charge in [0.1, 0.15) is 5.52 Å². The predicted octanol–water partition coefficient (Wildman–Crippen LogP) is -1.15. The first kappa shape index (κ1) is 9.43. The molecule has 0 atom stereocenters. The van der Waals surface area contributed by atoms with E-state index in [1.165, 1.54) is 5.52 Å². The topological polar surface area (TPSA) is 31.7 Å². The van der Waals surface area contributed by atoms with Gasteiger partial charge in [-0.05, 0) is 12.1 Å². The van der Waals surface area contributed by atoms with Gasteiger partial charge in [-0.25, -0.2) is 10.3 Å². The van der Waals surface area contributed by atoms with Crippen LogP contribution in [0.15, 0.2) is 35.9 Å². The molecule has 0 saturated carbocycles. The number of aromatic nitrogens is 2. The van der Waals surface area contributed by atoms with Crippen LogP contribution in [0.2, 0.25) is 0 Å². The van der Waals surface area contributed by atoms with Crippen LogP contribution >= 0.6 is 11.9 Å². The molecule has 1 aromatic heterocycles. The van der Waals surface area contributed by atoms with Crippen molar-refractivity contribution in [2.24, 2.45) is 0 Å². The lowest BCUT2D eigenvalue weighted by atomic mass is 10.3. The molecule has 0 bridgehead atoms. The molecule has 2 aromatic rings. The van der Waals surface area contributed by atoms with Gasteiger partial charge in [-0.3, -0.25) is 0 Å². The van der Waals surface area contributed by atoms with Crippen LogP contribution in [0.3, 0.4) is 0 Å². The van der Waals surface area contributed by atoms with Gasteiger partial charge in [-0.15, -0.1) is 0 Å². The third-order valence-electron chi connectivity index (χ3n) is 2.03. The van der Waals surface area contributed by atoms with Gasteiger partial charge >= 0.3 is 5.95 Å². The van der Waals surface area contributed by atoms with Crippen molar-refractivity contribution in [2.75, 3.05) is 5.32 Å². The van der Waals surface area contributed by atoms with E-state index in [1.54, 1.807) is 11.9 Å². The summed E-state index contributed by atoms with van der Waals surface area (Å²) in [7, 11) is 0. The van der Waals surface area contributed by atoms with Crippen LogP contribution in [0, 0.1) is 0 Å². The fraction of sp³-hybridized carbons (Fsp3) is 0. The van der Waals surface area contributed by atoms with Crippen molar-refractivity contribution < 1.29 is 16.4 Å². The molecule has 2 heterocycles. The van der Waals surface area contributed by atoms with Crippen LogP contribution in [0.4, 0.5) is 5.95 Å². The van der Waals surface area contributed by atoms with Gasteiger partial charge in [0.25, 0.3) is 0 Å². The molecule has 1 aliphatic heterocycles. The van der Waals surface area contributed by atoms with Gasteiger partial charge in [0, 0.05) is 5.41 Å². The highest BCUT2D eigenvalue weighted by Gasteiger charge is 2.18. The summed E-state index contributed by atoms with van der Waals surface area (Å²) in [4.78, 5) is 3.30. The highest BCUT2D eigenvalue weighted by Crippen LogP contribution is 2.18. The maximum absolute atomic E-state index is 3.30. The molecule has 1 aromatic carbocycles. The van der Waals surface area contributed by atoms with E-state index in [4.69, 9.17) is 0 Å². The zero-order valence-corrected chi connectivity index (χ0v) is 8.77. The van der Waals surface area contributed by atoms with E-state index in [0.717, 1.165) is 11.5 Å². The molecule has 0 fully saturated rings. The molecule has 3 nitrogen and oxygen atoms in total. The molecule has 72 valence electrons. The van der Waals surface area contributed by atoms with Crippen molar-refractivity contribution in [3.63, 3.8) is 0 Å². The number of imidazole rings is 1. The minimum absolute atomic E-state index is 0. The van der Waals surface area contributed by atoms with E-state index in [0.29, 0.717) is 0 Å². The molecular weight excluding hydrogens is 218 g/mol. The van der Waals surface area contributed by atoms with Gasteiger partial charge in [-0.2, -0.15) is 3.97 Å². The first-order chi connectivity index (χ1) is 6.45. The molecule has 5 heteroatoms. The number of rotatable bonds is 0. The van der Waals surface area contributed by atoms with Crippen molar-refractivity contribution in [2.45, 2.75) is 0 Å². The number of fused-ring (bicyclic) bond motifs is 3. The lowest BCUT2D eigenvalue weighted by Gasteiger charge is -1.99. The highest BCUT2D eigenvalue weighted by atomic mass is 35.5. The number of hydrogen-bond donors (Lipinski definition) is 2. The van der Waals surface area contributed by atoms with Gasteiger partial charge in [0.15, 0.2) is 5.52 Å². The molecular formula is C9H8ClN3S. The molecule has 0 unspecified atom stereocenters. The van der Waals surface area contributed by atoms with E-state index in [2.05, 4.69) is 26.4 Å². The number of H-pyrrole nitrogens is 1. The lowest BCUT2D eigenvalue weighted by Crippen LogP contribution is -3.00. The quantitative estimate of drug-likeness (QED) is 0.555. The summed E-state index contributed by atoms with van der Waals surface area (Å²) < 4.78 is 2.13. The number of nitrogens with zero attached hydrogens (tertiary/aromatic N) is 1. The molecule has 3 rings (SSSR count). The smallest absolute Gasteiger partial charge is 0.372 e. The Morgan fingerprint density at radius 1 is 1.21 bits per heavy atom. The maximum atomic E-state index is 3.30. The minimum atomic E-state index is 0. The Kier molecular flexibility index (Phi) is 2.39. The Morgan fingerprint density at radius 3 is 3.00 bits per heavy atom. The molecule has 14 heavy (non-hydrogen) atoms. The van der Waals surface area contributed by atoms with Crippen LogP contribution in [-0.4, -0.2) is 4.98 Å². The number of anilines is 1. The largest absolute Gasteiger partial charge is 1.00 e. The van der Waals surface area contributed by atoms with E-state index < -0.39 is 0 Å². The van der Waals surface area contributed by atoms with Crippen LogP contribution < -0.4 is 21.7 Å². The Labute approximate surface area is 91.7 Å². The van der Waals surface area contributed by atoms with Gasteiger partial charge in [0.2, 0.25) is 0 Å². The fourth-order valence-corrected chi connectivity index (χ4v) is 2.19. The number of benzene rings is 1. The van der Waals surface area contributed by atoms with Crippen molar-refractivity contribution in [3.05, 3.63) is 35.9 Å². The van der Waals surface area contributed by atoms with E-state index >= 15 is 0 Å². The van der Waals surface area contributed by atoms with Crippen LogP contribution in [0.1, 0.15) is 0 Å². The van der Waals surface area contributed by atoms with Crippen molar-refractivity contribution in [1.29, 1.82) is 0 Å². The molecule has 1 aliphatic rings. The second-order valence-corrected chi connectivity index (χ2v) is 3.69. The Hall–Kier alpha value is -1.13. The summed E-state index contributed by atoms with van der Waals surface area (Å²) in [5.41, 5.74) is 2.36. The maximum Gasteiger partial charge on any atom is 0.372 e. The first-order valence-corrected chi connectivity index (χ1v) is 4.90. The van der Waals surface area contributed by atoms with Crippen LogP contribution in [0.25, 0.3) is 11.0 Å². The zero-order chi connectivity index (χ0) is 8.67. The first-order valence-electron chi connectivity index (χ1n) is 4.06. The highest BCUT2D eigenvalue weighted by molar-refractivity contribution is 7.96. The summed E-state index contributed by atoms with van der Waals surface area (Å²) >= 11 is 1.67. The molecule has 2 N–H and O–H groups in total. The van der Waals surface area contributed by atoms with Crippen molar-refractivity contribution in [1.82, 2.24) is 4.98 Å². The molecule has 0 amide bonds. The predicted molar refractivity (Wildman–Crippen MR) is 54.2 cm³/mol. The summed E-state index contributed by atoms with van der Waals surface area (Å²) in [6.07, 6.45) is 1.93. The second-order valence-electron chi connectivity index (χ2n) is 2.84. The SMILES string of the molecule is C1=CS[n+]2c([nH]c3ccccc32)N1.[Cl-]. The van der Waals surface area contributed by atoms with E-state index in [1.807, 2.05) is 23.7 Å². The molecule has 0 saturated heterocycles. The normalized spacial score (nSPS) is 13.1. The van der Waals surface area contributed by atoms with Gasteiger partial charge < -0.3 is 12.4 Å². The zero-order valence-electron chi connectivity index (χ0n) is 7.20. The van der Waals surface area contributed by atoms with E-state index in [9.17, 15) is 0 Å². The standard InChI is InChI=1S/C9H7N3S.ClH/c1-2-4-8-7(3-1)11-9-10-5-6-13-12(8)9;/h1-6H,(H,10,11);1H. The van der Waals surface area contributed by atoms with Crippen LogP contribution in [-0.2, 0) is 0 Å². The average molecular weight is 226 g/mol. The third-order valence-corrected chi connectivity index (χ3v) is 2.88. The molecule has 0 spiro atoms. The summed E-state index contributed by atoms with van der Waals surface area (Å²) in [5, 5.41) is 5.18. The van der Waals surface area contributed by atoms with Crippen molar-refractivity contribution >= 4 is 28.9 Å². The Balaban J connectivity index is 0.000000750. The number of halogens is 1. The minimum Gasteiger partial charge on any atom is -1.00 e. The number of hydrogen-bond acceptors (Lipinski definition) is 2. The van der Waals surface area contributed by atoms with E-state index in [-0.39, 0.29) is 12.4 Å². The average Bonchev–Trinajstić information content (AvgIpc) is 2.56. The summed E-state index contributed by atoms with van der Waals surface area (Å²) in [5.74, 6) is 1.02. The third kappa shape index (κ3) is 1.27. The molecule has 0 radical (unpaired) electrons. The van der Waals surface area contributed by atoms with Crippen molar-refractivity contribution in [3.8, 4) is 0 Å². The fourth-order valence-electron chi connectivity index (χ4n) is 1.46. The Bertz CT molecular complexity index is 492. The molecule has 0 aliphatic carbocycles. The summed E-state index contributed by atoms with van der Waals surface area (Å²) in [6, 6.07) is 8.25. The summed E-state index contributed by atoms with van der Waals surface area (Å²) in [6.45, 7) is 0. The number of para-hydroxylation sites is 2. The Morgan fingerprint density at radius 2 is 2.07 bits per heavy atom. The van der Waals surface area contributed by atoms with Gasteiger partial charge in [-0.1, -0.05) is 12.1 Å². The number of aromatic amines is 1. The number of nitrogens with one attached hydrogen (secondary N) is 2. The van der Waals surface area contributed by atoms with Gasteiger partial charge in [0.05, 0.1) is 18.1 Å². The monoisotopic (exact) mass is 225 g/mol. The second kappa shape index (κ2) is 3.55. The lowest BCUT2D eigenvalue weighted by molar-refractivity contribution is -0.445.